The Morgan fingerprint density at radius 3 is 2.92 bits per heavy atom. The van der Waals surface area contributed by atoms with Gasteiger partial charge in [-0.2, -0.15) is 0 Å². The van der Waals surface area contributed by atoms with Crippen molar-refractivity contribution in [2.24, 2.45) is 17.8 Å². The predicted octanol–water partition coefficient (Wildman–Crippen LogP) is 2.46. The summed E-state index contributed by atoms with van der Waals surface area (Å²) >= 11 is 0. The Hall–Kier alpha value is -2.31. The van der Waals surface area contributed by atoms with Gasteiger partial charge in [-0.3, -0.25) is 4.79 Å². The molecule has 0 bridgehead atoms. The van der Waals surface area contributed by atoms with E-state index in [0.717, 1.165) is 23.6 Å². The SMILES string of the molecule is C[C@@H](Cn1cc(-c2cncnc2)nn1)NC(=O)[C@@H]1C[C@@H]2CCCCC[C@@H]21. The summed E-state index contributed by atoms with van der Waals surface area (Å²) in [5.74, 6) is 1.83. The number of amides is 1. The summed E-state index contributed by atoms with van der Waals surface area (Å²) < 4.78 is 1.77. The van der Waals surface area contributed by atoms with E-state index in [1.165, 1.54) is 38.4 Å². The number of carbonyl (C=O) groups is 1. The first kappa shape index (κ1) is 17.1. The van der Waals surface area contributed by atoms with E-state index < -0.39 is 0 Å². The Balaban J connectivity index is 1.31. The lowest BCUT2D eigenvalue weighted by atomic mass is 9.62. The lowest BCUT2D eigenvalue weighted by molar-refractivity contribution is -0.134. The van der Waals surface area contributed by atoms with Crippen LogP contribution in [0.25, 0.3) is 11.3 Å². The van der Waals surface area contributed by atoms with Crippen molar-refractivity contribution in [1.82, 2.24) is 30.3 Å². The van der Waals surface area contributed by atoms with Gasteiger partial charge in [0.1, 0.15) is 12.0 Å². The van der Waals surface area contributed by atoms with Crippen LogP contribution in [0.5, 0.6) is 0 Å². The Morgan fingerprint density at radius 1 is 1.27 bits per heavy atom. The van der Waals surface area contributed by atoms with Crippen molar-refractivity contribution in [2.75, 3.05) is 0 Å². The van der Waals surface area contributed by atoms with Crippen molar-refractivity contribution in [2.45, 2.75) is 58.0 Å². The maximum absolute atomic E-state index is 12.6. The van der Waals surface area contributed by atoms with Gasteiger partial charge < -0.3 is 5.32 Å². The highest BCUT2D eigenvalue weighted by Crippen LogP contribution is 2.48. The lowest BCUT2D eigenvalue weighted by Gasteiger charge is -2.43. The van der Waals surface area contributed by atoms with E-state index in [-0.39, 0.29) is 17.9 Å². The Kier molecular flexibility index (Phi) is 4.95. The van der Waals surface area contributed by atoms with Gasteiger partial charge in [0.05, 0.1) is 12.7 Å². The number of hydrogen-bond donors (Lipinski definition) is 1. The Labute approximate surface area is 153 Å². The molecule has 0 aliphatic heterocycles. The summed E-state index contributed by atoms with van der Waals surface area (Å²) in [5.41, 5.74) is 1.58. The van der Waals surface area contributed by atoms with Gasteiger partial charge in [0, 0.05) is 29.9 Å². The summed E-state index contributed by atoms with van der Waals surface area (Å²) in [6, 6.07) is 0.0221. The van der Waals surface area contributed by atoms with Gasteiger partial charge in [-0.15, -0.1) is 5.10 Å². The molecule has 0 spiro atoms. The summed E-state index contributed by atoms with van der Waals surface area (Å²) in [5, 5.41) is 11.5. The minimum atomic E-state index is 0.0221. The van der Waals surface area contributed by atoms with Crippen molar-refractivity contribution in [1.29, 1.82) is 0 Å². The van der Waals surface area contributed by atoms with Gasteiger partial charge in [-0.25, -0.2) is 14.6 Å². The molecule has 2 fully saturated rings. The van der Waals surface area contributed by atoms with E-state index in [4.69, 9.17) is 0 Å². The second-order valence-electron chi connectivity index (χ2n) is 7.77. The van der Waals surface area contributed by atoms with Crippen molar-refractivity contribution in [3.8, 4) is 11.3 Å². The van der Waals surface area contributed by atoms with E-state index in [0.29, 0.717) is 12.5 Å². The van der Waals surface area contributed by atoms with Crippen LogP contribution in [-0.4, -0.2) is 36.9 Å². The fourth-order valence-electron chi connectivity index (χ4n) is 4.47. The normalized spacial score (nSPS) is 26.3. The molecule has 0 saturated heterocycles. The monoisotopic (exact) mass is 354 g/mol. The average molecular weight is 354 g/mol. The van der Waals surface area contributed by atoms with Crippen LogP contribution in [0.15, 0.2) is 24.9 Å². The van der Waals surface area contributed by atoms with Gasteiger partial charge in [-0.1, -0.05) is 30.9 Å². The Bertz CT molecular complexity index is 745. The topological polar surface area (TPSA) is 85.6 Å². The number of rotatable bonds is 5. The van der Waals surface area contributed by atoms with Crippen LogP contribution >= 0.6 is 0 Å². The molecule has 2 aromatic rings. The van der Waals surface area contributed by atoms with Crippen LogP contribution in [0.2, 0.25) is 0 Å². The summed E-state index contributed by atoms with van der Waals surface area (Å²) in [6.45, 7) is 2.63. The molecule has 7 heteroatoms. The predicted molar refractivity (Wildman–Crippen MR) is 96.8 cm³/mol. The fraction of sp³-hybridized carbons (Fsp3) is 0.632. The highest BCUT2D eigenvalue weighted by molar-refractivity contribution is 5.80. The molecule has 2 heterocycles. The maximum atomic E-state index is 12.6. The van der Waals surface area contributed by atoms with Gasteiger partial charge in [0.2, 0.25) is 5.91 Å². The zero-order chi connectivity index (χ0) is 17.9. The number of carbonyl (C=O) groups excluding carboxylic acids is 1. The summed E-state index contributed by atoms with van der Waals surface area (Å²) in [6.07, 6.45) is 14.4. The lowest BCUT2D eigenvalue weighted by Crippen LogP contribution is -2.49. The number of aromatic nitrogens is 5. The van der Waals surface area contributed by atoms with Crippen LogP contribution in [0, 0.1) is 17.8 Å². The first-order valence-corrected chi connectivity index (χ1v) is 9.66. The second kappa shape index (κ2) is 7.51. The Morgan fingerprint density at radius 2 is 2.08 bits per heavy atom. The van der Waals surface area contributed by atoms with Crippen LogP contribution < -0.4 is 5.32 Å². The summed E-state index contributed by atoms with van der Waals surface area (Å²) in [4.78, 5) is 20.6. The molecule has 4 rings (SSSR count). The van der Waals surface area contributed by atoms with Gasteiger partial charge in [0.25, 0.3) is 0 Å². The minimum Gasteiger partial charge on any atom is -0.352 e. The first-order chi connectivity index (χ1) is 12.7. The molecule has 4 atom stereocenters. The average Bonchev–Trinajstić information content (AvgIpc) is 3.00. The van der Waals surface area contributed by atoms with E-state index >= 15 is 0 Å². The molecule has 26 heavy (non-hydrogen) atoms. The van der Waals surface area contributed by atoms with Crippen molar-refractivity contribution in [3.05, 3.63) is 24.9 Å². The third-order valence-electron chi connectivity index (χ3n) is 5.87. The van der Waals surface area contributed by atoms with Gasteiger partial charge in [-0.05, 0) is 31.6 Å². The second-order valence-corrected chi connectivity index (χ2v) is 7.77. The third-order valence-corrected chi connectivity index (χ3v) is 5.87. The van der Waals surface area contributed by atoms with Crippen molar-refractivity contribution < 1.29 is 4.79 Å². The molecule has 2 aliphatic carbocycles. The first-order valence-electron chi connectivity index (χ1n) is 9.66. The molecule has 2 aromatic heterocycles. The number of nitrogens with one attached hydrogen (secondary N) is 1. The van der Waals surface area contributed by atoms with Crippen molar-refractivity contribution in [3.63, 3.8) is 0 Å². The molecular weight excluding hydrogens is 328 g/mol. The van der Waals surface area contributed by atoms with E-state index in [2.05, 4.69) is 25.6 Å². The largest absolute Gasteiger partial charge is 0.352 e. The van der Waals surface area contributed by atoms with Crippen LogP contribution in [0.4, 0.5) is 0 Å². The molecule has 2 aliphatic rings. The zero-order valence-electron chi connectivity index (χ0n) is 15.2. The molecule has 138 valence electrons. The molecule has 2 saturated carbocycles. The molecule has 0 radical (unpaired) electrons. The number of nitrogens with zero attached hydrogens (tertiary/aromatic N) is 5. The van der Waals surface area contributed by atoms with Crippen LogP contribution in [0.1, 0.15) is 45.4 Å². The highest BCUT2D eigenvalue weighted by atomic mass is 16.2. The molecule has 7 nitrogen and oxygen atoms in total. The van der Waals surface area contributed by atoms with Crippen LogP contribution in [-0.2, 0) is 11.3 Å². The number of fused-ring (bicyclic) bond motifs is 1. The zero-order valence-corrected chi connectivity index (χ0v) is 15.2. The molecule has 0 unspecified atom stereocenters. The molecule has 1 N–H and O–H groups in total. The third kappa shape index (κ3) is 3.61. The van der Waals surface area contributed by atoms with E-state index in [1.54, 1.807) is 17.1 Å². The van der Waals surface area contributed by atoms with E-state index in [1.807, 2.05) is 13.1 Å². The minimum absolute atomic E-state index is 0.0221. The fourth-order valence-corrected chi connectivity index (χ4v) is 4.47. The molecular formula is C19H26N6O. The molecule has 0 aromatic carbocycles. The standard InChI is InChI=1S/C19H26N6O/c1-13(10-25-11-18(23-24-25)15-8-20-12-21-9-15)22-19(26)17-7-14-5-3-2-4-6-16(14)17/h8-9,11-14,16-17H,2-7,10H2,1H3,(H,22,26)/t13-,14-,16-,17+/m0/s1. The van der Waals surface area contributed by atoms with Gasteiger partial charge >= 0.3 is 0 Å². The van der Waals surface area contributed by atoms with Crippen LogP contribution in [0.3, 0.4) is 0 Å². The van der Waals surface area contributed by atoms with E-state index in [9.17, 15) is 4.79 Å². The highest BCUT2D eigenvalue weighted by Gasteiger charge is 2.44. The quantitative estimate of drug-likeness (QED) is 0.891. The molecule has 1 amide bonds. The summed E-state index contributed by atoms with van der Waals surface area (Å²) in [7, 11) is 0. The number of hydrogen-bond acceptors (Lipinski definition) is 5. The van der Waals surface area contributed by atoms with Gasteiger partial charge in [0.15, 0.2) is 0 Å². The maximum Gasteiger partial charge on any atom is 0.223 e. The smallest absolute Gasteiger partial charge is 0.223 e. The van der Waals surface area contributed by atoms with Crippen molar-refractivity contribution >= 4 is 5.91 Å².